The maximum Gasteiger partial charge on any atom is 0.481 e. The van der Waals surface area contributed by atoms with Gasteiger partial charge in [0.1, 0.15) is 48.3 Å². The SMILES string of the molecule is CC(=O)CC(=O)SCCNC(=O)CCNC(=O)[C@H](O)C(C)(C)COP(=O)(O)OP(=O)(O)OC[C@H]1O[C@@H](n2cnc3c(N)ncnc32)[C@H](O)[C@@H]1OP(=O)(O)O.[CH2]C=O. The van der Waals surface area contributed by atoms with Crippen LogP contribution in [0.5, 0.6) is 0 Å². The molecule has 1 radical (unpaired) electrons. The number of aldehydes is 1. The van der Waals surface area contributed by atoms with Crippen molar-refractivity contribution in [2.24, 2.45) is 5.41 Å². The number of nitrogen functional groups attached to an aromatic ring is 1. The molecule has 2 aromatic rings. The maximum absolute atomic E-state index is 12.6. The minimum atomic E-state index is -5.58. The molecule has 321 valence electrons. The third-order valence-electron chi connectivity index (χ3n) is 7.16. The number of aromatic nitrogens is 4. The number of anilines is 1. The average molecular weight is 895 g/mol. The molecule has 26 nitrogen and oxygen atoms in total. The first-order valence-corrected chi connectivity index (χ1v) is 21.6. The van der Waals surface area contributed by atoms with Crippen molar-refractivity contribution in [3.8, 4) is 0 Å². The molecule has 0 saturated carbocycles. The van der Waals surface area contributed by atoms with Gasteiger partial charge in [-0.3, -0.25) is 37.3 Å². The van der Waals surface area contributed by atoms with Gasteiger partial charge in [-0.25, -0.2) is 28.6 Å². The summed E-state index contributed by atoms with van der Waals surface area (Å²) in [5, 5.41) is 25.8. The van der Waals surface area contributed by atoms with E-state index in [1.165, 1.54) is 20.8 Å². The van der Waals surface area contributed by atoms with Crippen molar-refractivity contribution in [3.63, 3.8) is 0 Å². The van der Waals surface area contributed by atoms with Gasteiger partial charge >= 0.3 is 23.5 Å². The average Bonchev–Trinajstić information content (AvgIpc) is 3.64. The minimum Gasteiger partial charge on any atom is -0.386 e. The monoisotopic (exact) mass is 894 g/mol. The molecule has 0 spiro atoms. The fourth-order valence-electron chi connectivity index (χ4n) is 4.55. The van der Waals surface area contributed by atoms with Gasteiger partial charge in [-0.15, -0.1) is 0 Å². The number of thioether (sulfide) groups is 1. The molecule has 0 bridgehead atoms. The van der Waals surface area contributed by atoms with Gasteiger partial charge in [-0.2, -0.15) is 4.31 Å². The minimum absolute atomic E-state index is 0.0240. The molecule has 3 rings (SSSR count). The van der Waals surface area contributed by atoms with Gasteiger partial charge in [0.05, 0.1) is 26.0 Å². The van der Waals surface area contributed by atoms with Crippen LogP contribution in [0.15, 0.2) is 12.7 Å². The number of imidazole rings is 1. The number of aliphatic hydroxyl groups excluding tert-OH is 2. The van der Waals surface area contributed by atoms with Crippen LogP contribution in [0, 0.1) is 12.3 Å². The maximum atomic E-state index is 12.6. The molecular formula is C27H43N7O19P3S. The highest BCUT2D eigenvalue weighted by molar-refractivity contribution is 8.13. The van der Waals surface area contributed by atoms with Crippen LogP contribution in [-0.2, 0) is 60.3 Å². The quantitative estimate of drug-likeness (QED) is 0.0303. The molecular weight excluding hydrogens is 851 g/mol. The number of carbonyl (C=O) groups is 5. The third-order valence-corrected chi connectivity index (χ3v) is 11.1. The van der Waals surface area contributed by atoms with E-state index in [0.717, 1.165) is 29.0 Å². The number of carbonyl (C=O) groups excluding carboxylic acids is 5. The van der Waals surface area contributed by atoms with Gasteiger partial charge in [-0.05, 0) is 6.92 Å². The highest BCUT2D eigenvalue weighted by Gasteiger charge is 2.50. The molecule has 2 unspecified atom stereocenters. The molecule has 1 saturated heterocycles. The van der Waals surface area contributed by atoms with Crippen LogP contribution < -0.4 is 16.4 Å². The lowest BCUT2D eigenvalue weighted by molar-refractivity contribution is -0.137. The summed E-state index contributed by atoms with van der Waals surface area (Å²) in [6.45, 7) is 4.38. The fourth-order valence-corrected chi connectivity index (χ4v) is 8.12. The van der Waals surface area contributed by atoms with E-state index in [2.05, 4.69) is 41.3 Å². The fraction of sp³-hybridized carbons (Fsp3) is 0.593. The van der Waals surface area contributed by atoms with E-state index in [4.69, 9.17) is 24.3 Å². The Labute approximate surface area is 328 Å². The molecule has 7 atom stereocenters. The number of Topliss-reactive ketones (excluding diaryl/α,β-unsaturated/α-hetero) is 1. The highest BCUT2D eigenvalue weighted by atomic mass is 32.2. The van der Waals surface area contributed by atoms with Crippen molar-refractivity contribution in [1.29, 1.82) is 0 Å². The number of nitrogens with one attached hydrogen (secondary N) is 2. The second-order valence-electron chi connectivity index (χ2n) is 12.3. The van der Waals surface area contributed by atoms with Gasteiger partial charge in [0.2, 0.25) is 11.8 Å². The number of aliphatic hydroxyl groups is 2. The first kappa shape index (κ1) is 50.0. The molecule has 30 heteroatoms. The van der Waals surface area contributed by atoms with Crippen LogP contribution >= 0.6 is 35.2 Å². The number of hydrogen-bond acceptors (Lipinski definition) is 20. The molecule has 1 aliphatic heterocycles. The Kier molecular flexibility index (Phi) is 19.1. The topological polar surface area (TPSA) is 398 Å². The number of nitrogens with two attached hydrogens (primary N) is 1. The summed E-state index contributed by atoms with van der Waals surface area (Å²) in [5.74, 6) is -1.61. The van der Waals surface area contributed by atoms with E-state index in [0.29, 0.717) is 6.29 Å². The molecule has 3 heterocycles. The van der Waals surface area contributed by atoms with E-state index in [-0.39, 0.29) is 59.6 Å². The Bertz CT molecular complexity index is 1880. The number of ketones is 1. The second kappa shape index (κ2) is 21.8. The first-order chi connectivity index (χ1) is 26.3. The predicted molar refractivity (Wildman–Crippen MR) is 194 cm³/mol. The number of phosphoric ester groups is 3. The number of ether oxygens (including phenoxy) is 1. The number of nitrogens with zero attached hydrogens (tertiary/aromatic N) is 4. The molecule has 1 fully saturated rings. The Morgan fingerprint density at radius 1 is 1.09 bits per heavy atom. The van der Waals surface area contributed by atoms with Gasteiger partial charge in [0, 0.05) is 37.6 Å². The summed E-state index contributed by atoms with van der Waals surface area (Å²) >= 11 is 0.878. The van der Waals surface area contributed by atoms with Crippen LogP contribution in [0.25, 0.3) is 11.2 Å². The van der Waals surface area contributed by atoms with Gasteiger partial charge in [0.15, 0.2) is 22.8 Å². The second-order valence-corrected chi connectivity index (χ2v) is 17.7. The largest absolute Gasteiger partial charge is 0.481 e. The molecule has 2 amide bonds. The van der Waals surface area contributed by atoms with Crippen LogP contribution in [0.2, 0.25) is 0 Å². The molecule has 1 aliphatic rings. The van der Waals surface area contributed by atoms with E-state index in [9.17, 15) is 62.7 Å². The van der Waals surface area contributed by atoms with Crippen LogP contribution in [0.4, 0.5) is 5.82 Å². The van der Waals surface area contributed by atoms with Gasteiger partial charge in [0.25, 0.3) is 0 Å². The van der Waals surface area contributed by atoms with Crippen molar-refractivity contribution in [3.05, 3.63) is 19.6 Å². The van der Waals surface area contributed by atoms with Crippen LogP contribution in [0.3, 0.4) is 0 Å². The predicted octanol–water partition coefficient (Wildman–Crippen LogP) is -1.34. The zero-order valence-corrected chi connectivity index (χ0v) is 33.9. The number of hydrogen-bond donors (Lipinski definition) is 9. The van der Waals surface area contributed by atoms with Gasteiger partial charge in [-0.1, -0.05) is 25.6 Å². The van der Waals surface area contributed by atoms with Crippen LogP contribution in [0.1, 0.15) is 39.8 Å². The zero-order valence-electron chi connectivity index (χ0n) is 30.4. The van der Waals surface area contributed by atoms with Crippen molar-refractivity contribution in [2.75, 3.05) is 37.8 Å². The molecule has 2 aromatic heterocycles. The summed E-state index contributed by atoms with van der Waals surface area (Å²) in [5.41, 5.74) is 4.22. The number of rotatable bonds is 21. The van der Waals surface area contributed by atoms with Crippen molar-refractivity contribution in [2.45, 2.75) is 64.3 Å². The number of amides is 2. The normalized spacial score (nSPS) is 21.0. The highest BCUT2D eigenvalue weighted by Crippen LogP contribution is 2.61. The summed E-state index contributed by atoms with van der Waals surface area (Å²) in [4.78, 5) is 106. The summed E-state index contributed by atoms with van der Waals surface area (Å²) in [6, 6.07) is 0. The summed E-state index contributed by atoms with van der Waals surface area (Å²) in [7, 11) is -16.4. The summed E-state index contributed by atoms with van der Waals surface area (Å²) < 4.78 is 61.9. The third kappa shape index (κ3) is 16.6. The lowest BCUT2D eigenvalue weighted by Gasteiger charge is -2.30. The van der Waals surface area contributed by atoms with Crippen LogP contribution in [-0.4, -0.2) is 135 Å². The van der Waals surface area contributed by atoms with Crippen molar-refractivity contribution >= 4 is 81.2 Å². The number of fused-ring (bicyclic) bond motifs is 1. The van der Waals surface area contributed by atoms with E-state index >= 15 is 0 Å². The van der Waals surface area contributed by atoms with Crippen molar-refractivity contribution in [1.82, 2.24) is 30.2 Å². The lowest BCUT2D eigenvalue weighted by Crippen LogP contribution is -2.46. The van der Waals surface area contributed by atoms with Gasteiger partial charge < -0.3 is 55.7 Å². The van der Waals surface area contributed by atoms with E-state index < -0.39 is 84.6 Å². The smallest absolute Gasteiger partial charge is 0.386 e. The zero-order chi connectivity index (χ0) is 43.4. The lowest BCUT2D eigenvalue weighted by atomic mass is 9.87. The Morgan fingerprint density at radius 3 is 2.33 bits per heavy atom. The standard InChI is InChI=1S/C25H40N7O18P3S.C2H3O/c1-13(33)8-16(35)54-7-6-27-15(34)4-5-28-23(38)20(37)25(2,3)10-47-53(44,45)50-52(42,43)46-9-14-19(49-51(39,40)41)18(36)24(48-14)32-12-31-17-21(26)29-11-30-22(17)32;1-2-3/h11-12,14,18-20,24,36-37H,4-10H2,1-3H3,(H,27,34)(H,28,38)(H,42,43)(H,44,45)(H2,26,29,30)(H2,39,40,41);2H,1H2/t14-,18-,19-,20+,24-;/m1./s1. The molecule has 10 N–H and O–H groups in total. The molecule has 0 aliphatic carbocycles. The number of phosphoric acid groups is 3. The first-order valence-electron chi connectivity index (χ1n) is 16.1. The molecule has 0 aromatic carbocycles. The van der Waals surface area contributed by atoms with E-state index in [1.807, 2.05) is 0 Å². The summed E-state index contributed by atoms with van der Waals surface area (Å²) in [6.07, 6.45) is -6.74. The Morgan fingerprint density at radius 2 is 1.72 bits per heavy atom. The Balaban J connectivity index is 0.00000362. The molecule has 57 heavy (non-hydrogen) atoms. The Hall–Kier alpha value is -3.10. The van der Waals surface area contributed by atoms with Crippen molar-refractivity contribution < 1.29 is 90.1 Å². The van der Waals surface area contributed by atoms with E-state index in [1.54, 1.807) is 0 Å².